The van der Waals surface area contributed by atoms with Crippen molar-refractivity contribution in [1.82, 2.24) is 14.8 Å². The summed E-state index contributed by atoms with van der Waals surface area (Å²) in [6.07, 6.45) is 1.12. The molecule has 0 aliphatic carbocycles. The van der Waals surface area contributed by atoms with E-state index in [9.17, 15) is 9.90 Å². The largest absolute Gasteiger partial charge is 0.491 e. The van der Waals surface area contributed by atoms with E-state index < -0.39 is 6.10 Å². The minimum Gasteiger partial charge on any atom is -0.491 e. The predicted molar refractivity (Wildman–Crippen MR) is 114 cm³/mol. The SMILES string of the molecule is C=CCn1c(SC[C@H](O)COc2ccc(C(C)=O)cc2)nnc1-c1ccccc1. The molecule has 3 rings (SSSR count). The van der Waals surface area contributed by atoms with Crippen LogP contribution in [-0.4, -0.2) is 44.1 Å². The normalized spacial score (nSPS) is 11.8. The molecule has 150 valence electrons. The van der Waals surface area contributed by atoms with Crippen molar-refractivity contribution in [2.24, 2.45) is 0 Å². The van der Waals surface area contributed by atoms with E-state index in [0.29, 0.717) is 28.8 Å². The summed E-state index contributed by atoms with van der Waals surface area (Å²) >= 11 is 1.42. The fourth-order valence-corrected chi connectivity index (χ4v) is 3.54. The van der Waals surface area contributed by atoms with Crippen LogP contribution in [0.5, 0.6) is 5.75 Å². The van der Waals surface area contributed by atoms with E-state index in [0.717, 1.165) is 11.4 Å². The molecule has 0 saturated heterocycles. The fourth-order valence-electron chi connectivity index (χ4n) is 2.69. The number of nitrogens with zero attached hydrogens (tertiary/aromatic N) is 3. The molecule has 0 aliphatic rings. The standard InChI is InChI=1S/C22H23N3O3S/c1-3-13-25-21(18-7-5-4-6-8-18)23-24-22(25)29-15-19(27)14-28-20-11-9-17(10-12-20)16(2)26/h3-12,19,27H,1,13-15H2,2H3/t19-/m1/s1. The van der Waals surface area contributed by atoms with E-state index in [1.165, 1.54) is 18.7 Å². The number of carbonyl (C=O) groups excluding carboxylic acids is 1. The molecule has 0 fully saturated rings. The van der Waals surface area contributed by atoms with Crippen molar-refractivity contribution in [3.05, 3.63) is 72.8 Å². The van der Waals surface area contributed by atoms with Crippen molar-refractivity contribution in [1.29, 1.82) is 0 Å². The van der Waals surface area contributed by atoms with Gasteiger partial charge in [0.2, 0.25) is 0 Å². The van der Waals surface area contributed by atoms with E-state index in [1.807, 2.05) is 34.9 Å². The summed E-state index contributed by atoms with van der Waals surface area (Å²) in [5, 5.41) is 19.6. The van der Waals surface area contributed by atoms with Crippen molar-refractivity contribution in [3.63, 3.8) is 0 Å². The Hall–Kier alpha value is -2.90. The zero-order chi connectivity index (χ0) is 20.6. The number of aliphatic hydroxyl groups excluding tert-OH is 1. The number of benzene rings is 2. The second-order valence-electron chi connectivity index (χ2n) is 6.43. The Kier molecular flexibility index (Phi) is 7.21. The molecule has 0 bridgehead atoms. The third-order valence-corrected chi connectivity index (χ3v) is 5.28. The number of aromatic nitrogens is 3. The number of Topliss-reactive ketones (excluding diaryl/α,β-unsaturated/α-hetero) is 1. The smallest absolute Gasteiger partial charge is 0.191 e. The minimum absolute atomic E-state index is 0.00601. The molecule has 1 atom stereocenters. The number of hydrogen-bond acceptors (Lipinski definition) is 6. The monoisotopic (exact) mass is 409 g/mol. The van der Waals surface area contributed by atoms with Crippen LogP contribution in [-0.2, 0) is 6.54 Å². The molecule has 1 N–H and O–H groups in total. The summed E-state index contributed by atoms with van der Waals surface area (Å²) in [6, 6.07) is 16.7. The van der Waals surface area contributed by atoms with Gasteiger partial charge in [0, 0.05) is 23.4 Å². The fraction of sp³-hybridized carbons (Fsp3) is 0.227. The molecule has 0 amide bonds. The summed E-state index contributed by atoms with van der Waals surface area (Å²) in [7, 11) is 0. The van der Waals surface area contributed by atoms with Crippen LogP contribution in [0.1, 0.15) is 17.3 Å². The molecule has 1 heterocycles. The van der Waals surface area contributed by atoms with Crippen LogP contribution >= 0.6 is 11.8 Å². The second kappa shape index (κ2) is 10.0. The molecule has 29 heavy (non-hydrogen) atoms. The van der Waals surface area contributed by atoms with Gasteiger partial charge in [-0.25, -0.2) is 0 Å². The summed E-state index contributed by atoms with van der Waals surface area (Å²) < 4.78 is 7.58. The first-order valence-electron chi connectivity index (χ1n) is 9.22. The quantitative estimate of drug-likeness (QED) is 0.311. The molecular formula is C22H23N3O3S. The highest BCUT2D eigenvalue weighted by atomic mass is 32.2. The summed E-state index contributed by atoms with van der Waals surface area (Å²) in [6.45, 7) is 6.05. The first-order chi connectivity index (χ1) is 14.1. The molecule has 0 unspecified atom stereocenters. The molecule has 0 aliphatic heterocycles. The Bertz CT molecular complexity index is 955. The number of rotatable bonds is 10. The van der Waals surface area contributed by atoms with Gasteiger partial charge in [-0.3, -0.25) is 9.36 Å². The molecule has 6 nitrogen and oxygen atoms in total. The second-order valence-corrected chi connectivity index (χ2v) is 7.42. The Morgan fingerprint density at radius 3 is 2.59 bits per heavy atom. The van der Waals surface area contributed by atoms with Crippen LogP contribution in [0.2, 0.25) is 0 Å². The number of carbonyl (C=O) groups is 1. The topological polar surface area (TPSA) is 77.2 Å². The summed E-state index contributed by atoms with van der Waals surface area (Å²) in [5.74, 6) is 1.80. The maximum atomic E-state index is 11.3. The molecule has 7 heteroatoms. The van der Waals surface area contributed by atoms with Gasteiger partial charge in [-0.05, 0) is 31.2 Å². The lowest BCUT2D eigenvalue weighted by atomic mass is 10.1. The first-order valence-corrected chi connectivity index (χ1v) is 10.2. The third-order valence-electron chi connectivity index (χ3n) is 4.17. The van der Waals surface area contributed by atoms with Crippen molar-refractivity contribution < 1.29 is 14.6 Å². The Labute approximate surface area is 174 Å². The average Bonchev–Trinajstić information content (AvgIpc) is 3.14. The van der Waals surface area contributed by atoms with Gasteiger partial charge in [0.15, 0.2) is 16.8 Å². The highest BCUT2D eigenvalue weighted by Gasteiger charge is 2.15. The highest BCUT2D eigenvalue weighted by molar-refractivity contribution is 7.99. The molecule has 0 saturated carbocycles. The number of aliphatic hydroxyl groups is 1. The van der Waals surface area contributed by atoms with Gasteiger partial charge < -0.3 is 9.84 Å². The van der Waals surface area contributed by atoms with Crippen molar-refractivity contribution in [2.75, 3.05) is 12.4 Å². The van der Waals surface area contributed by atoms with Crippen molar-refractivity contribution in [2.45, 2.75) is 24.7 Å². The molecular weight excluding hydrogens is 386 g/mol. The number of thioether (sulfide) groups is 1. The van der Waals surface area contributed by atoms with Crippen LogP contribution in [0.4, 0.5) is 0 Å². The van der Waals surface area contributed by atoms with E-state index in [1.54, 1.807) is 30.3 Å². The average molecular weight is 410 g/mol. The number of hydrogen-bond donors (Lipinski definition) is 1. The van der Waals surface area contributed by atoms with E-state index >= 15 is 0 Å². The van der Waals surface area contributed by atoms with Gasteiger partial charge in [-0.1, -0.05) is 48.2 Å². The first kappa shape index (κ1) is 20.8. The van der Waals surface area contributed by atoms with Gasteiger partial charge in [0.1, 0.15) is 12.4 Å². The van der Waals surface area contributed by atoms with Crippen molar-refractivity contribution >= 4 is 17.5 Å². The zero-order valence-corrected chi connectivity index (χ0v) is 17.0. The Balaban J connectivity index is 1.58. The maximum absolute atomic E-state index is 11.3. The van der Waals surface area contributed by atoms with Crippen LogP contribution in [0.25, 0.3) is 11.4 Å². The lowest BCUT2D eigenvalue weighted by Crippen LogP contribution is -2.20. The molecule has 3 aromatic rings. The summed E-state index contributed by atoms with van der Waals surface area (Å²) in [4.78, 5) is 11.3. The van der Waals surface area contributed by atoms with Crippen LogP contribution < -0.4 is 4.74 Å². The number of allylic oxidation sites excluding steroid dienone is 1. The minimum atomic E-state index is -0.679. The molecule has 0 radical (unpaired) electrons. The van der Waals surface area contributed by atoms with Gasteiger partial charge in [-0.15, -0.1) is 16.8 Å². The van der Waals surface area contributed by atoms with E-state index in [2.05, 4.69) is 16.8 Å². The lowest BCUT2D eigenvalue weighted by Gasteiger charge is -2.13. The summed E-state index contributed by atoms with van der Waals surface area (Å²) in [5.41, 5.74) is 1.61. The van der Waals surface area contributed by atoms with Crippen molar-refractivity contribution in [3.8, 4) is 17.1 Å². The van der Waals surface area contributed by atoms with Crippen LogP contribution in [0, 0.1) is 0 Å². The van der Waals surface area contributed by atoms with E-state index in [4.69, 9.17) is 4.74 Å². The highest BCUT2D eigenvalue weighted by Crippen LogP contribution is 2.24. The molecule has 0 spiro atoms. The zero-order valence-electron chi connectivity index (χ0n) is 16.2. The van der Waals surface area contributed by atoms with E-state index in [-0.39, 0.29) is 12.4 Å². The predicted octanol–water partition coefficient (Wildman–Crippen LogP) is 3.87. The van der Waals surface area contributed by atoms with Gasteiger partial charge in [0.25, 0.3) is 0 Å². The number of ketones is 1. The molecule has 1 aromatic heterocycles. The number of ether oxygens (including phenoxy) is 1. The lowest BCUT2D eigenvalue weighted by molar-refractivity contribution is 0.101. The van der Waals surface area contributed by atoms with Crippen LogP contribution in [0.15, 0.2) is 72.4 Å². The maximum Gasteiger partial charge on any atom is 0.191 e. The Morgan fingerprint density at radius 1 is 1.21 bits per heavy atom. The van der Waals surface area contributed by atoms with Crippen LogP contribution in [0.3, 0.4) is 0 Å². The van der Waals surface area contributed by atoms with Gasteiger partial charge >= 0.3 is 0 Å². The third kappa shape index (κ3) is 5.56. The molecule has 2 aromatic carbocycles. The van der Waals surface area contributed by atoms with Gasteiger partial charge in [-0.2, -0.15) is 0 Å². The van der Waals surface area contributed by atoms with Gasteiger partial charge in [0.05, 0.1) is 6.10 Å². The Morgan fingerprint density at radius 2 is 1.93 bits per heavy atom.